The molecule has 0 aliphatic heterocycles. The molecule has 0 saturated heterocycles. The molecule has 0 bridgehead atoms. The van der Waals surface area contributed by atoms with Crippen LogP contribution in [0.4, 0.5) is 5.69 Å². The second-order valence-electron chi connectivity index (χ2n) is 3.56. The molecular formula is C11H14BrNO2. The number of hydrogen-bond donors (Lipinski definition) is 1. The predicted octanol–water partition coefficient (Wildman–Crippen LogP) is 2.53. The van der Waals surface area contributed by atoms with Crippen LogP contribution in [0.5, 0.6) is 0 Å². The maximum atomic E-state index is 10.5. The van der Waals surface area contributed by atoms with Crippen molar-refractivity contribution >= 4 is 27.6 Å². The molecule has 82 valence electrons. The van der Waals surface area contributed by atoms with E-state index in [4.69, 9.17) is 5.11 Å². The summed E-state index contributed by atoms with van der Waals surface area (Å²) in [5, 5.41) is 8.62. The molecule has 0 aliphatic rings. The van der Waals surface area contributed by atoms with Gasteiger partial charge < -0.3 is 10.0 Å². The highest BCUT2D eigenvalue weighted by molar-refractivity contribution is 9.10. The SMILES string of the molecule is CN(C)c1ccc(Br)c(CCC(=O)O)c1. The standard InChI is InChI=1S/C11H14BrNO2/c1-13(2)9-4-5-10(12)8(7-9)3-6-11(14)15/h4-5,7H,3,6H2,1-2H3,(H,14,15). The van der Waals surface area contributed by atoms with E-state index in [-0.39, 0.29) is 6.42 Å². The second-order valence-corrected chi connectivity index (χ2v) is 4.42. The lowest BCUT2D eigenvalue weighted by Crippen LogP contribution is -2.09. The van der Waals surface area contributed by atoms with E-state index in [1.165, 1.54) is 0 Å². The molecule has 0 radical (unpaired) electrons. The van der Waals surface area contributed by atoms with Gasteiger partial charge in [0.1, 0.15) is 0 Å². The van der Waals surface area contributed by atoms with Crippen LogP contribution < -0.4 is 4.90 Å². The van der Waals surface area contributed by atoms with Crippen molar-refractivity contribution in [2.45, 2.75) is 12.8 Å². The van der Waals surface area contributed by atoms with Gasteiger partial charge in [0.05, 0.1) is 0 Å². The number of anilines is 1. The lowest BCUT2D eigenvalue weighted by molar-refractivity contribution is -0.136. The molecule has 4 heteroatoms. The number of nitrogens with zero attached hydrogens (tertiary/aromatic N) is 1. The Balaban J connectivity index is 2.85. The van der Waals surface area contributed by atoms with E-state index in [9.17, 15) is 4.79 Å². The van der Waals surface area contributed by atoms with Gasteiger partial charge in [-0.1, -0.05) is 15.9 Å². The Hall–Kier alpha value is -1.03. The van der Waals surface area contributed by atoms with Gasteiger partial charge in [-0.05, 0) is 30.2 Å². The summed E-state index contributed by atoms with van der Waals surface area (Å²) in [5.74, 6) is -0.767. The van der Waals surface area contributed by atoms with Crippen molar-refractivity contribution in [1.82, 2.24) is 0 Å². The van der Waals surface area contributed by atoms with Crippen LogP contribution in [0.15, 0.2) is 22.7 Å². The summed E-state index contributed by atoms with van der Waals surface area (Å²) in [6.07, 6.45) is 0.715. The van der Waals surface area contributed by atoms with Gasteiger partial charge in [-0.25, -0.2) is 0 Å². The average molecular weight is 272 g/mol. The van der Waals surface area contributed by atoms with Crippen LogP contribution in [0, 0.1) is 0 Å². The lowest BCUT2D eigenvalue weighted by atomic mass is 10.1. The molecule has 1 aromatic rings. The number of benzene rings is 1. The largest absolute Gasteiger partial charge is 0.481 e. The van der Waals surface area contributed by atoms with Crippen molar-refractivity contribution in [2.75, 3.05) is 19.0 Å². The third kappa shape index (κ3) is 3.55. The molecule has 1 aromatic carbocycles. The first-order valence-electron chi connectivity index (χ1n) is 4.68. The maximum Gasteiger partial charge on any atom is 0.303 e. The van der Waals surface area contributed by atoms with Crippen molar-refractivity contribution in [3.05, 3.63) is 28.2 Å². The van der Waals surface area contributed by atoms with Gasteiger partial charge in [0.2, 0.25) is 0 Å². The van der Waals surface area contributed by atoms with Crippen molar-refractivity contribution in [1.29, 1.82) is 0 Å². The minimum absolute atomic E-state index is 0.162. The maximum absolute atomic E-state index is 10.5. The molecular weight excluding hydrogens is 258 g/mol. The van der Waals surface area contributed by atoms with Crippen LogP contribution in [0.1, 0.15) is 12.0 Å². The first-order valence-corrected chi connectivity index (χ1v) is 5.47. The molecule has 0 atom stereocenters. The van der Waals surface area contributed by atoms with E-state index in [2.05, 4.69) is 15.9 Å². The minimum atomic E-state index is -0.767. The number of carboxylic acid groups (broad SMARTS) is 1. The molecule has 0 unspecified atom stereocenters. The zero-order valence-electron chi connectivity index (χ0n) is 8.83. The number of aryl methyl sites for hydroxylation is 1. The molecule has 0 saturated carbocycles. The molecule has 0 amide bonds. The number of halogens is 1. The van der Waals surface area contributed by atoms with E-state index in [1.54, 1.807) is 0 Å². The number of rotatable bonds is 4. The Bertz CT molecular complexity index is 364. The molecule has 1 N–H and O–H groups in total. The van der Waals surface area contributed by atoms with Gasteiger partial charge in [-0.3, -0.25) is 4.79 Å². The van der Waals surface area contributed by atoms with Crippen LogP contribution in [0.25, 0.3) is 0 Å². The number of carbonyl (C=O) groups is 1. The Morgan fingerprint density at radius 3 is 2.67 bits per heavy atom. The Morgan fingerprint density at radius 1 is 1.47 bits per heavy atom. The summed E-state index contributed by atoms with van der Waals surface area (Å²) in [4.78, 5) is 12.5. The smallest absolute Gasteiger partial charge is 0.303 e. The van der Waals surface area contributed by atoms with E-state index in [1.807, 2.05) is 37.2 Å². The summed E-state index contributed by atoms with van der Waals surface area (Å²) < 4.78 is 0.967. The van der Waals surface area contributed by atoms with E-state index in [0.717, 1.165) is 15.7 Å². The molecule has 3 nitrogen and oxygen atoms in total. The van der Waals surface area contributed by atoms with Crippen molar-refractivity contribution in [2.24, 2.45) is 0 Å². The fourth-order valence-electron chi connectivity index (χ4n) is 1.27. The normalized spacial score (nSPS) is 10.1. The summed E-state index contributed by atoms with van der Waals surface area (Å²) in [6, 6.07) is 5.95. The summed E-state index contributed by atoms with van der Waals surface area (Å²) in [5.41, 5.74) is 2.11. The van der Waals surface area contributed by atoms with Gasteiger partial charge in [0.15, 0.2) is 0 Å². The van der Waals surface area contributed by atoms with Gasteiger partial charge in [-0.15, -0.1) is 0 Å². The van der Waals surface area contributed by atoms with Crippen LogP contribution in [0.2, 0.25) is 0 Å². The highest BCUT2D eigenvalue weighted by Gasteiger charge is 2.05. The van der Waals surface area contributed by atoms with E-state index >= 15 is 0 Å². The molecule has 0 spiro atoms. The number of aliphatic carboxylic acids is 1. The minimum Gasteiger partial charge on any atom is -0.481 e. The molecule has 0 aromatic heterocycles. The molecule has 0 aliphatic carbocycles. The van der Waals surface area contributed by atoms with Crippen LogP contribution in [-0.2, 0) is 11.2 Å². The monoisotopic (exact) mass is 271 g/mol. The van der Waals surface area contributed by atoms with Crippen LogP contribution in [0.3, 0.4) is 0 Å². The topological polar surface area (TPSA) is 40.5 Å². The third-order valence-corrected chi connectivity index (χ3v) is 2.93. The number of hydrogen-bond acceptors (Lipinski definition) is 2. The Labute approximate surface area is 97.8 Å². The highest BCUT2D eigenvalue weighted by Crippen LogP contribution is 2.23. The zero-order valence-corrected chi connectivity index (χ0v) is 10.4. The van der Waals surface area contributed by atoms with Gasteiger partial charge in [-0.2, -0.15) is 0 Å². The molecule has 15 heavy (non-hydrogen) atoms. The Morgan fingerprint density at radius 2 is 2.13 bits per heavy atom. The van der Waals surface area contributed by atoms with Crippen LogP contribution in [-0.4, -0.2) is 25.2 Å². The second kappa shape index (κ2) is 5.16. The quantitative estimate of drug-likeness (QED) is 0.915. The zero-order chi connectivity index (χ0) is 11.4. The van der Waals surface area contributed by atoms with Gasteiger partial charge in [0.25, 0.3) is 0 Å². The van der Waals surface area contributed by atoms with E-state index < -0.39 is 5.97 Å². The first kappa shape index (κ1) is 12.0. The first-order chi connectivity index (χ1) is 7.00. The summed E-state index contributed by atoms with van der Waals surface area (Å²) >= 11 is 3.42. The van der Waals surface area contributed by atoms with Crippen molar-refractivity contribution in [3.63, 3.8) is 0 Å². The number of carboxylic acids is 1. The average Bonchev–Trinajstić information content (AvgIpc) is 2.16. The van der Waals surface area contributed by atoms with E-state index in [0.29, 0.717) is 6.42 Å². The van der Waals surface area contributed by atoms with Gasteiger partial charge >= 0.3 is 5.97 Å². The third-order valence-electron chi connectivity index (χ3n) is 2.15. The molecule has 0 heterocycles. The van der Waals surface area contributed by atoms with Crippen molar-refractivity contribution < 1.29 is 9.90 Å². The molecule has 0 fully saturated rings. The fourth-order valence-corrected chi connectivity index (χ4v) is 1.72. The Kier molecular flexibility index (Phi) is 4.15. The predicted molar refractivity (Wildman–Crippen MR) is 64.4 cm³/mol. The highest BCUT2D eigenvalue weighted by atomic mass is 79.9. The van der Waals surface area contributed by atoms with Gasteiger partial charge in [0, 0.05) is 30.7 Å². The fraction of sp³-hybridized carbons (Fsp3) is 0.364. The lowest BCUT2D eigenvalue weighted by Gasteiger charge is -2.14. The summed E-state index contributed by atoms with van der Waals surface area (Å²) in [7, 11) is 3.93. The molecule has 1 rings (SSSR count). The summed E-state index contributed by atoms with van der Waals surface area (Å²) in [6.45, 7) is 0. The van der Waals surface area contributed by atoms with Crippen LogP contribution >= 0.6 is 15.9 Å². The van der Waals surface area contributed by atoms with Crippen molar-refractivity contribution in [3.8, 4) is 0 Å².